The second kappa shape index (κ2) is 11.0. The smallest absolute Gasteiger partial charge is 0.231 e. The Balaban J connectivity index is 0.00000261. The van der Waals surface area contributed by atoms with Gasteiger partial charge in [0, 0.05) is 27.2 Å². The molecule has 1 heterocycles. The van der Waals surface area contributed by atoms with Gasteiger partial charge in [0.1, 0.15) is 0 Å². The molecule has 1 N–H and O–H groups in total. The van der Waals surface area contributed by atoms with Crippen LogP contribution in [0.1, 0.15) is 11.1 Å². The minimum Gasteiger partial charge on any atom is -0.454 e. The average Bonchev–Trinajstić information content (AvgIpc) is 3.13. The number of aliphatic imine (C=N–C) groups is 1. The summed E-state index contributed by atoms with van der Waals surface area (Å²) in [7, 11) is 3.79. The maximum absolute atomic E-state index is 5.70. The fourth-order valence-electron chi connectivity index (χ4n) is 2.77. The first-order chi connectivity index (χ1) is 12.8. The highest BCUT2D eigenvalue weighted by molar-refractivity contribution is 14.0. The number of halogens is 1. The van der Waals surface area contributed by atoms with Crippen molar-refractivity contribution in [1.29, 1.82) is 0 Å². The van der Waals surface area contributed by atoms with E-state index in [1.54, 1.807) is 7.05 Å². The van der Waals surface area contributed by atoms with Crippen LogP contribution in [0.4, 0.5) is 0 Å². The lowest BCUT2D eigenvalue weighted by atomic mass is 10.2. The zero-order valence-electron chi connectivity index (χ0n) is 15.7. The summed E-state index contributed by atoms with van der Waals surface area (Å²) < 4.78 is 16.5. The summed E-state index contributed by atoms with van der Waals surface area (Å²) in [6.07, 6.45) is 0. The van der Waals surface area contributed by atoms with Crippen LogP contribution in [0.5, 0.6) is 11.5 Å². The molecule has 0 saturated heterocycles. The fourth-order valence-corrected chi connectivity index (χ4v) is 2.77. The van der Waals surface area contributed by atoms with Crippen LogP contribution in [0.25, 0.3) is 0 Å². The normalized spacial score (nSPS) is 12.4. The lowest BCUT2D eigenvalue weighted by molar-refractivity contribution is 0.125. The van der Waals surface area contributed by atoms with E-state index in [9.17, 15) is 0 Å². The van der Waals surface area contributed by atoms with Gasteiger partial charge in [0.2, 0.25) is 6.79 Å². The standard InChI is InChI=1S/C20H25N3O3.HI/c1-21-20(22-10-11-24-14-16-6-4-3-5-7-16)23(2)13-17-8-9-18-19(12-17)26-15-25-18;/h3-9,12H,10-11,13-15H2,1-2H3,(H,21,22);1H. The number of ether oxygens (including phenoxy) is 3. The molecule has 0 atom stereocenters. The predicted octanol–water partition coefficient (Wildman–Crippen LogP) is 3.26. The summed E-state index contributed by atoms with van der Waals surface area (Å²) in [5.74, 6) is 2.42. The van der Waals surface area contributed by atoms with Gasteiger partial charge in [-0.05, 0) is 23.3 Å². The molecule has 0 spiro atoms. The number of fused-ring (bicyclic) bond motifs is 1. The van der Waals surface area contributed by atoms with Crippen LogP contribution in [0.2, 0.25) is 0 Å². The van der Waals surface area contributed by atoms with E-state index in [1.165, 1.54) is 5.56 Å². The Morgan fingerprint density at radius 1 is 1.11 bits per heavy atom. The molecule has 6 nitrogen and oxygen atoms in total. The van der Waals surface area contributed by atoms with Crippen LogP contribution in [0.15, 0.2) is 53.5 Å². The highest BCUT2D eigenvalue weighted by atomic mass is 127. The Labute approximate surface area is 177 Å². The molecular formula is C20H26IN3O3. The lowest BCUT2D eigenvalue weighted by Crippen LogP contribution is -2.39. The van der Waals surface area contributed by atoms with Crippen LogP contribution in [-0.2, 0) is 17.9 Å². The number of rotatable bonds is 7. The highest BCUT2D eigenvalue weighted by Crippen LogP contribution is 2.32. The molecule has 0 saturated carbocycles. The molecule has 0 radical (unpaired) electrons. The third kappa shape index (κ3) is 6.28. The second-order valence-electron chi connectivity index (χ2n) is 6.06. The maximum Gasteiger partial charge on any atom is 0.231 e. The summed E-state index contributed by atoms with van der Waals surface area (Å²) in [5.41, 5.74) is 2.32. The molecule has 0 aliphatic carbocycles. The Bertz CT molecular complexity index is 741. The summed E-state index contributed by atoms with van der Waals surface area (Å²) in [4.78, 5) is 6.40. The van der Waals surface area contributed by atoms with E-state index >= 15 is 0 Å². The van der Waals surface area contributed by atoms with Gasteiger partial charge in [0.15, 0.2) is 17.5 Å². The number of hydrogen-bond acceptors (Lipinski definition) is 4. The van der Waals surface area contributed by atoms with Crippen molar-refractivity contribution in [3.05, 3.63) is 59.7 Å². The van der Waals surface area contributed by atoms with Crippen molar-refractivity contribution in [2.45, 2.75) is 13.2 Å². The van der Waals surface area contributed by atoms with Gasteiger partial charge < -0.3 is 24.4 Å². The Hall–Kier alpha value is -2.00. The van der Waals surface area contributed by atoms with Gasteiger partial charge in [-0.1, -0.05) is 36.4 Å². The van der Waals surface area contributed by atoms with Crippen molar-refractivity contribution in [3.8, 4) is 11.5 Å². The van der Waals surface area contributed by atoms with Crippen molar-refractivity contribution < 1.29 is 14.2 Å². The molecule has 7 heteroatoms. The number of hydrogen-bond donors (Lipinski definition) is 1. The van der Waals surface area contributed by atoms with Crippen molar-refractivity contribution in [2.24, 2.45) is 4.99 Å². The van der Waals surface area contributed by atoms with E-state index in [0.29, 0.717) is 26.6 Å². The zero-order chi connectivity index (χ0) is 18.2. The molecular weight excluding hydrogens is 457 g/mol. The van der Waals surface area contributed by atoms with E-state index in [-0.39, 0.29) is 24.0 Å². The van der Waals surface area contributed by atoms with Crippen LogP contribution in [-0.4, -0.2) is 44.9 Å². The first-order valence-corrected chi connectivity index (χ1v) is 8.68. The third-order valence-electron chi connectivity index (χ3n) is 4.07. The molecule has 1 aliphatic heterocycles. The number of benzene rings is 2. The minimum absolute atomic E-state index is 0. The van der Waals surface area contributed by atoms with Crippen molar-refractivity contribution in [3.63, 3.8) is 0 Å². The van der Waals surface area contributed by atoms with Gasteiger partial charge in [0.05, 0.1) is 13.2 Å². The van der Waals surface area contributed by atoms with Gasteiger partial charge in [0.25, 0.3) is 0 Å². The highest BCUT2D eigenvalue weighted by Gasteiger charge is 2.14. The van der Waals surface area contributed by atoms with E-state index in [4.69, 9.17) is 14.2 Å². The quantitative estimate of drug-likeness (QED) is 0.284. The maximum atomic E-state index is 5.70. The van der Waals surface area contributed by atoms with E-state index in [2.05, 4.69) is 27.3 Å². The SMILES string of the molecule is CN=C(NCCOCc1ccccc1)N(C)Cc1ccc2c(c1)OCO2.I. The Kier molecular flexibility index (Phi) is 8.66. The zero-order valence-corrected chi connectivity index (χ0v) is 18.0. The monoisotopic (exact) mass is 483 g/mol. The fraction of sp³-hybridized carbons (Fsp3) is 0.350. The van der Waals surface area contributed by atoms with Gasteiger partial charge in [-0.3, -0.25) is 4.99 Å². The van der Waals surface area contributed by atoms with E-state index in [1.807, 2.05) is 43.4 Å². The molecule has 0 bridgehead atoms. The summed E-state index contributed by atoms with van der Waals surface area (Å²) in [6, 6.07) is 16.2. The topological polar surface area (TPSA) is 55.3 Å². The van der Waals surface area contributed by atoms with E-state index in [0.717, 1.165) is 29.6 Å². The molecule has 0 aromatic heterocycles. The van der Waals surface area contributed by atoms with Crippen LogP contribution in [0, 0.1) is 0 Å². The van der Waals surface area contributed by atoms with Gasteiger partial charge >= 0.3 is 0 Å². The Morgan fingerprint density at radius 3 is 2.67 bits per heavy atom. The molecule has 146 valence electrons. The van der Waals surface area contributed by atoms with Crippen LogP contribution < -0.4 is 14.8 Å². The number of guanidine groups is 1. The van der Waals surface area contributed by atoms with Gasteiger partial charge in [-0.25, -0.2) is 0 Å². The molecule has 0 fully saturated rings. The summed E-state index contributed by atoms with van der Waals surface area (Å²) in [6.45, 7) is 2.95. The summed E-state index contributed by atoms with van der Waals surface area (Å²) >= 11 is 0. The largest absolute Gasteiger partial charge is 0.454 e. The van der Waals surface area contributed by atoms with Gasteiger partial charge in [-0.15, -0.1) is 24.0 Å². The number of nitrogens with one attached hydrogen (secondary N) is 1. The van der Waals surface area contributed by atoms with Crippen molar-refractivity contribution >= 4 is 29.9 Å². The molecule has 0 unspecified atom stereocenters. The number of nitrogens with zero attached hydrogens (tertiary/aromatic N) is 2. The van der Waals surface area contributed by atoms with Crippen molar-refractivity contribution in [2.75, 3.05) is 34.0 Å². The third-order valence-corrected chi connectivity index (χ3v) is 4.07. The Morgan fingerprint density at radius 2 is 1.89 bits per heavy atom. The van der Waals surface area contributed by atoms with E-state index < -0.39 is 0 Å². The molecule has 3 rings (SSSR count). The lowest BCUT2D eigenvalue weighted by Gasteiger charge is -2.22. The first-order valence-electron chi connectivity index (χ1n) is 8.68. The average molecular weight is 483 g/mol. The molecule has 1 aliphatic rings. The molecule has 27 heavy (non-hydrogen) atoms. The van der Waals surface area contributed by atoms with Crippen LogP contribution >= 0.6 is 24.0 Å². The second-order valence-corrected chi connectivity index (χ2v) is 6.06. The van der Waals surface area contributed by atoms with Gasteiger partial charge in [-0.2, -0.15) is 0 Å². The summed E-state index contributed by atoms with van der Waals surface area (Å²) in [5, 5.41) is 3.32. The molecule has 2 aromatic rings. The molecule has 0 amide bonds. The first kappa shape index (κ1) is 21.3. The minimum atomic E-state index is 0. The van der Waals surface area contributed by atoms with Crippen LogP contribution in [0.3, 0.4) is 0 Å². The predicted molar refractivity (Wildman–Crippen MR) is 117 cm³/mol. The van der Waals surface area contributed by atoms with Crippen molar-refractivity contribution in [1.82, 2.24) is 10.2 Å². The molecule has 2 aromatic carbocycles.